The van der Waals surface area contributed by atoms with Gasteiger partial charge in [0.15, 0.2) is 0 Å². The molecule has 0 radical (unpaired) electrons. The summed E-state index contributed by atoms with van der Waals surface area (Å²) < 4.78 is 0. The summed E-state index contributed by atoms with van der Waals surface area (Å²) in [5.41, 5.74) is 2.54. The molecule has 0 N–H and O–H groups in total. The van der Waals surface area contributed by atoms with Crippen molar-refractivity contribution in [3.05, 3.63) is 46.8 Å². The smallest absolute Gasteiger partial charge is 0.110 e. The highest BCUT2D eigenvalue weighted by atomic mass is 32.1. The van der Waals surface area contributed by atoms with E-state index in [1.807, 2.05) is 12.1 Å². The van der Waals surface area contributed by atoms with Gasteiger partial charge in [0.1, 0.15) is 10.9 Å². The van der Waals surface area contributed by atoms with E-state index in [-0.39, 0.29) is 0 Å². The number of nitrogens with zero attached hydrogens (tertiary/aromatic N) is 1. The zero-order valence-corrected chi connectivity index (χ0v) is 10.2. The summed E-state index contributed by atoms with van der Waals surface area (Å²) in [7, 11) is 0. The number of nitriles is 1. The van der Waals surface area contributed by atoms with E-state index >= 15 is 0 Å². The molecule has 1 heterocycles. The van der Waals surface area contributed by atoms with Gasteiger partial charge in [-0.25, -0.2) is 0 Å². The molecule has 2 heteroatoms. The van der Waals surface area contributed by atoms with Crippen molar-refractivity contribution in [1.82, 2.24) is 0 Å². The van der Waals surface area contributed by atoms with Crippen LogP contribution in [0.3, 0.4) is 0 Å². The minimum atomic E-state index is 0.562. The van der Waals surface area contributed by atoms with Crippen LogP contribution in [0.4, 0.5) is 0 Å². The molecular formula is C14H13NS. The van der Waals surface area contributed by atoms with Gasteiger partial charge < -0.3 is 0 Å². The summed E-state index contributed by atoms with van der Waals surface area (Å²) in [5.74, 6) is 0.562. The van der Waals surface area contributed by atoms with Crippen molar-refractivity contribution in [3.8, 4) is 16.5 Å². The lowest BCUT2D eigenvalue weighted by Gasteiger charge is -2.05. The second kappa shape index (κ2) is 4.51. The van der Waals surface area contributed by atoms with Crippen molar-refractivity contribution in [2.75, 3.05) is 0 Å². The van der Waals surface area contributed by atoms with Crippen molar-refractivity contribution >= 4 is 11.3 Å². The van der Waals surface area contributed by atoms with Crippen LogP contribution in [0.2, 0.25) is 0 Å². The predicted octanol–water partition coefficient (Wildman–Crippen LogP) is 4.41. The Kier molecular flexibility index (Phi) is 3.07. The molecule has 0 spiro atoms. The van der Waals surface area contributed by atoms with Gasteiger partial charge in [-0.15, -0.1) is 11.3 Å². The van der Waals surface area contributed by atoms with Gasteiger partial charge in [-0.2, -0.15) is 5.26 Å². The van der Waals surface area contributed by atoms with Crippen molar-refractivity contribution in [2.45, 2.75) is 19.8 Å². The monoisotopic (exact) mass is 227 g/mol. The summed E-state index contributed by atoms with van der Waals surface area (Å²) >= 11 is 1.54. The quantitative estimate of drug-likeness (QED) is 0.745. The molecule has 0 aliphatic rings. The lowest BCUT2D eigenvalue weighted by atomic mass is 10.0. The first-order valence-corrected chi connectivity index (χ1v) is 6.12. The fraction of sp³-hybridized carbons (Fsp3) is 0.214. The molecule has 2 rings (SSSR count). The molecule has 0 bridgehead atoms. The second-order valence-corrected chi connectivity index (χ2v) is 5.14. The maximum atomic E-state index is 8.78. The first-order chi connectivity index (χ1) is 7.70. The molecule has 0 amide bonds. The largest absolute Gasteiger partial charge is 0.192 e. The summed E-state index contributed by atoms with van der Waals surface area (Å²) in [6.07, 6.45) is 0. The zero-order valence-electron chi connectivity index (χ0n) is 9.40. The average molecular weight is 227 g/mol. The van der Waals surface area contributed by atoms with Crippen LogP contribution in [-0.4, -0.2) is 0 Å². The van der Waals surface area contributed by atoms with E-state index in [9.17, 15) is 0 Å². The Hall–Kier alpha value is -1.59. The number of hydrogen-bond acceptors (Lipinski definition) is 2. The van der Waals surface area contributed by atoms with Crippen molar-refractivity contribution in [2.24, 2.45) is 0 Å². The van der Waals surface area contributed by atoms with Gasteiger partial charge in [0.25, 0.3) is 0 Å². The highest BCUT2D eigenvalue weighted by Gasteiger charge is 2.03. The molecule has 1 aromatic carbocycles. The number of rotatable bonds is 2. The van der Waals surface area contributed by atoms with Crippen LogP contribution in [0.5, 0.6) is 0 Å². The van der Waals surface area contributed by atoms with E-state index < -0.39 is 0 Å². The minimum Gasteiger partial charge on any atom is -0.192 e. The fourth-order valence-electron chi connectivity index (χ4n) is 1.59. The molecule has 0 fully saturated rings. The maximum absolute atomic E-state index is 8.78. The summed E-state index contributed by atoms with van der Waals surface area (Å²) in [6.45, 7) is 4.38. The first-order valence-electron chi connectivity index (χ1n) is 5.31. The van der Waals surface area contributed by atoms with Crippen molar-refractivity contribution in [1.29, 1.82) is 5.26 Å². The van der Waals surface area contributed by atoms with Crippen LogP contribution in [-0.2, 0) is 0 Å². The third-order valence-electron chi connectivity index (χ3n) is 2.58. The van der Waals surface area contributed by atoms with Crippen LogP contribution < -0.4 is 0 Å². The summed E-state index contributed by atoms with van der Waals surface area (Å²) in [6, 6.07) is 14.6. The van der Waals surface area contributed by atoms with E-state index in [0.29, 0.717) is 5.92 Å². The number of thiophene rings is 1. The maximum Gasteiger partial charge on any atom is 0.110 e. The Morgan fingerprint density at radius 1 is 1.06 bits per heavy atom. The Balaban J connectivity index is 2.31. The Bertz CT molecular complexity index is 514. The van der Waals surface area contributed by atoms with Crippen LogP contribution in [0.15, 0.2) is 36.4 Å². The molecular weight excluding hydrogens is 214 g/mol. The summed E-state index contributed by atoms with van der Waals surface area (Å²) in [5, 5.41) is 8.78. The molecule has 0 saturated heterocycles. The predicted molar refractivity (Wildman–Crippen MR) is 68.6 cm³/mol. The number of hydrogen-bond donors (Lipinski definition) is 0. The van der Waals surface area contributed by atoms with E-state index in [0.717, 1.165) is 9.75 Å². The standard InChI is InChI=1S/C14H13NS/c1-10(2)11-3-5-12(6-4-11)14-8-7-13(9-15)16-14/h3-8,10H,1-2H3. The lowest BCUT2D eigenvalue weighted by molar-refractivity contribution is 0.867. The molecule has 80 valence electrons. The second-order valence-electron chi connectivity index (χ2n) is 4.05. The number of benzene rings is 1. The molecule has 0 atom stereocenters. The topological polar surface area (TPSA) is 23.8 Å². The molecule has 2 aromatic rings. The van der Waals surface area contributed by atoms with E-state index in [2.05, 4.69) is 44.2 Å². The minimum absolute atomic E-state index is 0.562. The van der Waals surface area contributed by atoms with Crippen LogP contribution in [0.25, 0.3) is 10.4 Å². The van der Waals surface area contributed by atoms with Crippen LogP contribution in [0, 0.1) is 11.3 Å². The van der Waals surface area contributed by atoms with E-state index in [1.165, 1.54) is 22.5 Å². The fourth-order valence-corrected chi connectivity index (χ4v) is 2.39. The average Bonchev–Trinajstić information content (AvgIpc) is 2.77. The van der Waals surface area contributed by atoms with Gasteiger partial charge in [-0.3, -0.25) is 0 Å². The Labute approximate surface area is 100.0 Å². The van der Waals surface area contributed by atoms with E-state index in [4.69, 9.17) is 5.26 Å². The Morgan fingerprint density at radius 2 is 1.75 bits per heavy atom. The third-order valence-corrected chi connectivity index (χ3v) is 3.62. The molecule has 1 nitrogen and oxygen atoms in total. The Morgan fingerprint density at radius 3 is 2.25 bits per heavy atom. The zero-order chi connectivity index (χ0) is 11.5. The van der Waals surface area contributed by atoms with Crippen LogP contribution >= 0.6 is 11.3 Å². The highest BCUT2D eigenvalue weighted by molar-refractivity contribution is 7.16. The molecule has 1 aromatic heterocycles. The molecule has 0 aliphatic carbocycles. The molecule has 0 aliphatic heterocycles. The normalized spacial score (nSPS) is 10.4. The van der Waals surface area contributed by atoms with Crippen molar-refractivity contribution < 1.29 is 0 Å². The van der Waals surface area contributed by atoms with Crippen molar-refractivity contribution in [3.63, 3.8) is 0 Å². The lowest BCUT2D eigenvalue weighted by Crippen LogP contribution is -1.85. The summed E-state index contributed by atoms with van der Waals surface area (Å²) in [4.78, 5) is 1.93. The van der Waals surface area contributed by atoms with Crippen LogP contribution in [0.1, 0.15) is 30.2 Å². The van der Waals surface area contributed by atoms with Gasteiger partial charge in [-0.1, -0.05) is 38.1 Å². The van der Waals surface area contributed by atoms with Gasteiger partial charge in [0.2, 0.25) is 0 Å². The van der Waals surface area contributed by atoms with Gasteiger partial charge >= 0.3 is 0 Å². The third kappa shape index (κ3) is 2.15. The molecule has 0 unspecified atom stereocenters. The van der Waals surface area contributed by atoms with Gasteiger partial charge in [0.05, 0.1) is 0 Å². The highest BCUT2D eigenvalue weighted by Crippen LogP contribution is 2.28. The van der Waals surface area contributed by atoms with Gasteiger partial charge in [-0.05, 0) is 29.2 Å². The molecule has 16 heavy (non-hydrogen) atoms. The molecule has 0 saturated carbocycles. The first kappa shape index (κ1) is 10.9. The SMILES string of the molecule is CC(C)c1ccc(-c2ccc(C#N)s2)cc1. The van der Waals surface area contributed by atoms with Gasteiger partial charge in [0, 0.05) is 4.88 Å². The van der Waals surface area contributed by atoms with E-state index in [1.54, 1.807) is 0 Å².